The van der Waals surface area contributed by atoms with Crippen LogP contribution in [0.25, 0.3) is 43.8 Å². The van der Waals surface area contributed by atoms with Crippen LogP contribution < -0.4 is 0 Å². The van der Waals surface area contributed by atoms with Gasteiger partial charge in [0.1, 0.15) is 0 Å². The molecular formula is C41H44Hf. The third-order valence-electron chi connectivity index (χ3n) is 8.90. The van der Waals surface area contributed by atoms with Gasteiger partial charge >= 0.3 is 25.8 Å². The van der Waals surface area contributed by atoms with Crippen LogP contribution >= 0.6 is 0 Å². The number of fused-ring (bicyclic) bond motifs is 2. The van der Waals surface area contributed by atoms with E-state index in [4.69, 9.17) is 0 Å². The second-order valence-electron chi connectivity index (χ2n) is 11.2. The summed E-state index contributed by atoms with van der Waals surface area (Å²) in [5, 5.41) is 5.41. The minimum atomic E-state index is -0.0596. The van der Waals surface area contributed by atoms with Gasteiger partial charge < -0.3 is 14.9 Å². The topological polar surface area (TPSA) is 0 Å². The molecule has 0 N–H and O–H groups in total. The normalized spacial score (nSPS) is 11.1. The molecule has 0 fully saturated rings. The molecule has 0 saturated carbocycles. The van der Waals surface area contributed by atoms with Gasteiger partial charge in [-0.1, -0.05) is 106 Å². The largest absolute Gasteiger partial charge is 4.00 e. The molecule has 0 aliphatic carbocycles. The summed E-state index contributed by atoms with van der Waals surface area (Å²) in [6.07, 6.45) is 4.33. The van der Waals surface area contributed by atoms with Crippen LogP contribution in [0.2, 0.25) is 0 Å². The second-order valence-corrected chi connectivity index (χ2v) is 11.2. The number of hydrogen-bond donors (Lipinski definition) is 0. The molecule has 0 aliphatic rings. The Hall–Kier alpha value is -3.03. The maximum Gasteiger partial charge on any atom is 4.00 e. The summed E-state index contributed by atoms with van der Waals surface area (Å²) in [6, 6.07) is 41.2. The van der Waals surface area contributed by atoms with Crippen molar-refractivity contribution < 1.29 is 25.8 Å². The zero-order valence-electron chi connectivity index (χ0n) is 26.2. The first-order chi connectivity index (χ1) is 19.1. The standard InChI is InChI=1S/C39H38.2CH3.Hf/c1-5-22-39(4,31-23-29-16-12-20-35(37(29)25-31)33-18-10-8-14-27(33)6-2)32-24-30-17-13-21-36(38(30)26-32)34-19-11-9-15-28(34)7-3;;;/h8-21,23-26H,5-7,22H2,1-4H3;2*1H3;/q-2;2*-1;+4. The first kappa shape index (κ1) is 33.5. The van der Waals surface area contributed by atoms with Crippen molar-refractivity contribution in [2.45, 2.75) is 58.8 Å². The SMILES string of the molecule is CCCC(C)(c1cc2c(-c3ccccc3CC)cccc2[cH-]1)c1cc2c(-c3ccccc3CC)cccc2[cH-]1.[CH3-].[CH3-].[Hf+4]. The number of rotatable bonds is 8. The molecular weight excluding hydrogens is 671 g/mol. The zero-order chi connectivity index (χ0) is 27.0. The van der Waals surface area contributed by atoms with Gasteiger partial charge in [0.2, 0.25) is 0 Å². The monoisotopic (exact) mass is 716 g/mol. The molecule has 0 aromatic heterocycles. The van der Waals surface area contributed by atoms with E-state index in [0.29, 0.717) is 0 Å². The van der Waals surface area contributed by atoms with Crippen molar-refractivity contribution in [2.24, 2.45) is 0 Å². The van der Waals surface area contributed by atoms with Crippen LogP contribution in [0.5, 0.6) is 0 Å². The molecule has 0 spiro atoms. The summed E-state index contributed by atoms with van der Waals surface area (Å²) >= 11 is 0. The van der Waals surface area contributed by atoms with E-state index in [1.165, 1.54) is 66.1 Å². The third kappa shape index (κ3) is 5.78. The summed E-state index contributed by atoms with van der Waals surface area (Å²) < 4.78 is 0. The molecule has 212 valence electrons. The fourth-order valence-electron chi connectivity index (χ4n) is 6.71. The first-order valence-corrected chi connectivity index (χ1v) is 14.6. The van der Waals surface area contributed by atoms with E-state index in [-0.39, 0.29) is 46.1 Å². The molecule has 6 aromatic carbocycles. The molecule has 0 bridgehead atoms. The summed E-state index contributed by atoms with van der Waals surface area (Å²) in [5.74, 6) is 0. The summed E-state index contributed by atoms with van der Waals surface area (Å²) in [4.78, 5) is 0. The van der Waals surface area contributed by atoms with Crippen LogP contribution in [-0.2, 0) is 44.1 Å². The molecule has 0 saturated heterocycles. The fourth-order valence-corrected chi connectivity index (χ4v) is 6.71. The van der Waals surface area contributed by atoms with Gasteiger partial charge in [-0.05, 0) is 46.9 Å². The fraction of sp³-hybridized carbons (Fsp3) is 0.220. The van der Waals surface area contributed by atoms with E-state index >= 15 is 0 Å². The van der Waals surface area contributed by atoms with Crippen molar-refractivity contribution >= 4 is 21.5 Å². The van der Waals surface area contributed by atoms with Crippen molar-refractivity contribution in [1.29, 1.82) is 0 Å². The molecule has 0 nitrogen and oxygen atoms in total. The molecule has 42 heavy (non-hydrogen) atoms. The van der Waals surface area contributed by atoms with E-state index in [2.05, 4.69) is 137 Å². The molecule has 0 aliphatic heterocycles. The van der Waals surface area contributed by atoms with Gasteiger partial charge in [0.15, 0.2) is 0 Å². The average Bonchev–Trinajstić information content (AvgIpc) is 3.63. The maximum absolute atomic E-state index is 2.48. The summed E-state index contributed by atoms with van der Waals surface area (Å²) in [6.45, 7) is 9.27. The smallest absolute Gasteiger partial charge is 0.358 e. The van der Waals surface area contributed by atoms with E-state index in [1.807, 2.05) is 0 Å². The van der Waals surface area contributed by atoms with Crippen LogP contribution in [0, 0.1) is 14.9 Å². The Morgan fingerprint density at radius 1 is 0.548 bits per heavy atom. The van der Waals surface area contributed by atoms with Gasteiger partial charge in [0, 0.05) is 0 Å². The Bertz CT molecular complexity index is 1630. The molecule has 6 rings (SSSR count). The zero-order valence-corrected chi connectivity index (χ0v) is 29.8. The Kier molecular flexibility index (Phi) is 11.1. The van der Waals surface area contributed by atoms with Crippen LogP contribution in [-0.4, -0.2) is 0 Å². The second kappa shape index (κ2) is 14.0. The Balaban J connectivity index is 0.00000161. The van der Waals surface area contributed by atoms with Gasteiger partial charge in [0.05, 0.1) is 0 Å². The molecule has 0 heterocycles. The van der Waals surface area contributed by atoms with Crippen LogP contribution in [0.1, 0.15) is 62.8 Å². The number of benzene rings is 4. The quantitative estimate of drug-likeness (QED) is 0.109. The van der Waals surface area contributed by atoms with E-state index in [9.17, 15) is 0 Å². The van der Waals surface area contributed by atoms with E-state index < -0.39 is 0 Å². The van der Waals surface area contributed by atoms with E-state index in [1.54, 1.807) is 0 Å². The minimum Gasteiger partial charge on any atom is -0.358 e. The van der Waals surface area contributed by atoms with Crippen molar-refractivity contribution in [1.82, 2.24) is 0 Å². The van der Waals surface area contributed by atoms with Crippen LogP contribution in [0.3, 0.4) is 0 Å². The summed E-state index contributed by atoms with van der Waals surface area (Å²) in [5.41, 5.74) is 11.0. The molecule has 0 amide bonds. The average molecular weight is 715 g/mol. The molecule has 0 unspecified atom stereocenters. The molecule has 0 atom stereocenters. The van der Waals surface area contributed by atoms with E-state index in [0.717, 1.165) is 25.7 Å². The number of aryl methyl sites for hydroxylation is 2. The van der Waals surface area contributed by atoms with Crippen LogP contribution in [0.15, 0.2) is 109 Å². The van der Waals surface area contributed by atoms with Crippen molar-refractivity contribution in [3.8, 4) is 22.3 Å². The molecule has 0 radical (unpaired) electrons. The van der Waals surface area contributed by atoms with Crippen molar-refractivity contribution in [3.63, 3.8) is 0 Å². The Morgan fingerprint density at radius 3 is 1.36 bits per heavy atom. The molecule has 1 heteroatoms. The predicted molar refractivity (Wildman–Crippen MR) is 183 cm³/mol. The molecule has 6 aromatic rings. The Labute approximate surface area is 273 Å². The van der Waals surface area contributed by atoms with Crippen molar-refractivity contribution in [3.05, 3.63) is 146 Å². The predicted octanol–water partition coefficient (Wildman–Crippen LogP) is 11.9. The van der Waals surface area contributed by atoms with Gasteiger partial charge in [0.25, 0.3) is 0 Å². The van der Waals surface area contributed by atoms with Crippen molar-refractivity contribution in [2.75, 3.05) is 0 Å². The van der Waals surface area contributed by atoms with Gasteiger partial charge in [-0.15, -0.1) is 69.1 Å². The van der Waals surface area contributed by atoms with Gasteiger partial charge in [-0.2, -0.15) is 12.1 Å². The van der Waals surface area contributed by atoms with Gasteiger partial charge in [-0.25, -0.2) is 0 Å². The first-order valence-electron chi connectivity index (χ1n) is 14.6. The minimum absolute atomic E-state index is 0. The third-order valence-corrected chi connectivity index (χ3v) is 8.90. The number of hydrogen-bond acceptors (Lipinski definition) is 0. The Morgan fingerprint density at radius 2 is 0.952 bits per heavy atom. The van der Waals surface area contributed by atoms with Gasteiger partial charge in [-0.3, -0.25) is 0 Å². The maximum atomic E-state index is 2.48. The summed E-state index contributed by atoms with van der Waals surface area (Å²) in [7, 11) is 0. The van der Waals surface area contributed by atoms with Crippen LogP contribution in [0.4, 0.5) is 0 Å².